The largest absolute Gasteiger partial charge is 0.443 e. The van der Waals surface area contributed by atoms with E-state index < -0.39 is 0 Å². The summed E-state index contributed by atoms with van der Waals surface area (Å²) in [7, 11) is 0. The number of hydrogen-bond acceptors (Lipinski definition) is 6. The standard InChI is InChI=1S/C22H15N3O3S/c26-21(23-12-14-5-2-1-3-6-14)15-8-9-18-16(11-15)20(25-28-18)17-13-27-22(24-17)19-7-4-10-29-19/h1-11,13H,12H2,(H,23,26). The number of carbonyl (C=O) groups is 1. The lowest BCUT2D eigenvalue weighted by atomic mass is 10.1. The first kappa shape index (κ1) is 17.4. The van der Waals surface area contributed by atoms with Gasteiger partial charge in [0.1, 0.15) is 17.7 Å². The minimum absolute atomic E-state index is 0.165. The SMILES string of the molecule is O=C(NCc1ccccc1)c1ccc2onc(-c3coc(-c4cccs4)n3)c2c1. The minimum Gasteiger partial charge on any atom is -0.443 e. The van der Waals surface area contributed by atoms with E-state index in [1.54, 1.807) is 35.8 Å². The molecule has 1 N–H and O–H groups in total. The van der Waals surface area contributed by atoms with Gasteiger partial charge >= 0.3 is 0 Å². The van der Waals surface area contributed by atoms with Gasteiger partial charge in [-0.2, -0.15) is 0 Å². The van der Waals surface area contributed by atoms with Crippen molar-refractivity contribution in [3.63, 3.8) is 0 Å². The molecule has 0 saturated heterocycles. The first-order valence-electron chi connectivity index (χ1n) is 8.99. The molecular formula is C22H15N3O3S. The van der Waals surface area contributed by atoms with Crippen LogP contribution in [0.15, 0.2) is 81.2 Å². The van der Waals surface area contributed by atoms with Crippen LogP contribution in [-0.2, 0) is 6.54 Å². The third-order valence-corrected chi connectivity index (χ3v) is 5.36. The summed E-state index contributed by atoms with van der Waals surface area (Å²) >= 11 is 1.55. The Morgan fingerprint density at radius 2 is 1.97 bits per heavy atom. The number of oxazole rings is 1. The summed E-state index contributed by atoms with van der Waals surface area (Å²) in [6.07, 6.45) is 1.55. The number of rotatable bonds is 5. The number of thiophene rings is 1. The summed E-state index contributed by atoms with van der Waals surface area (Å²) in [4.78, 5) is 18.0. The second-order valence-electron chi connectivity index (χ2n) is 6.43. The Labute approximate surface area is 169 Å². The van der Waals surface area contributed by atoms with Crippen LogP contribution >= 0.6 is 11.3 Å². The van der Waals surface area contributed by atoms with Gasteiger partial charge in [-0.05, 0) is 35.2 Å². The maximum atomic E-state index is 12.6. The zero-order valence-corrected chi connectivity index (χ0v) is 16.0. The quantitative estimate of drug-likeness (QED) is 0.441. The summed E-state index contributed by atoms with van der Waals surface area (Å²) in [5.74, 6) is 0.366. The molecule has 29 heavy (non-hydrogen) atoms. The third-order valence-electron chi connectivity index (χ3n) is 4.51. The van der Waals surface area contributed by atoms with Crippen molar-refractivity contribution in [2.45, 2.75) is 6.54 Å². The van der Waals surface area contributed by atoms with Gasteiger partial charge in [-0.1, -0.05) is 41.6 Å². The molecule has 0 aliphatic rings. The molecular weight excluding hydrogens is 386 g/mol. The van der Waals surface area contributed by atoms with E-state index in [2.05, 4.69) is 15.5 Å². The third kappa shape index (κ3) is 3.43. The Morgan fingerprint density at radius 1 is 1.07 bits per heavy atom. The molecule has 5 aromatic rings. The summed E-state index contributed by atoms with van der Waals surface area (Å²) in [5.41, 5.74) is 3.26. The number of nitrogens with zero attached hydrogens (tertiary/aromatic N) is 2. The lowest BCUT2D eigenvalue weighted by molar-refractivity contribution is 0.0951. The van der Waals surface area contributed by atoms with Gasteiger partial charge in [0.2, 0.25) is 5.89 Å². The van der Waals surface area contributed by atoms with Crippen molar-refractivity contribution in [1.82, 2.24) is 15.5 Å². The van der Waals surface area contributed by atoms with E-state index in [1.165, 1.54) is 0 Å². The van der Waals surface area contributed by atoms with E-state index in [-0.39, 0.29) is 5.91 Å². The minimum atomic E-state index is -0.165. The van der Waals surface area contributed by atoms with Crippen molar-refractivity contribution in [2.24, 2.45) is 0 Å². The van der Waals surface area contributed by atoms with Crippen LogP contribution < -0.4 is 5.32 Å². The number of benzene rings is 2. The molecule has 0 bridgehead atoms. The lowest BCUT2D eigenvalue weighted by Gasteiger charge is -2.05. The molecule has 0 unspecified atom stereocenters. The van der Waals surface area contributed by atoms with Crippen LogP contribution in [0.5, 0.6) is 0 Å². The highest BCUT2D eigenvalue weighted by Gasteiger charge is 2.17. The number of nitrogens with one attached hydrogen (secondary N) is 1. The smallest absolute Gasteiger partial charge is 0.251 e. The Morgan fingerprint density at radius 3 is 2.79 bits per heavy atom. The van der Waals surface area contributed by atoms with E-state index >= 15 is 0 Å². The van der Waals surface area contributed by atoms with Crippen LogP contribution in [-0.4, -0.2) is 16.0 Å². The van der Waals surface area contributed by atoms with Crippen LogP contribution in [0, 0.1) is 0 Å². The Kier molecular flexibility index (Phi) is 4.42. The first-order chi connectivity index (χ1) is 14.3. The zero-order chi connectivity index (χ0) is 19.6. The van der Waals surface area contributed by atoms with E-state index in [0.717, 1.165) is 10.4 Å². The van der Waals surface area contributed by atoms with Crippen molar-refractivity contribution >= 4 is 28.2 Å². The van der Waals surface area contributed by atoms with Gasteiger partial charge in [0.15, 0.2) is 5.58 Å². The van der Waals surface area contributed by atoms with Crippen molar-refractivity contribution in [3.05, 3.63) is 83.4 Å². The Balaban J connectivity index is 1.42. The van der Waals surface area contributed by atoms with E-state index in [1.807, 2.05) is 47.8 Å². The van der Waals surface area contributed by atoms with Crippen LogP contribution in [0.25, 0.3) is 33.1 Å². The van der Waals surface area contributed by atoms with Gasteiger partial charge in [0, 0.05) is 12.1 Å². The first-order valence-corrected chi connectivity index (χ1v) is 9.87. The van der Waals surface area contributed by atoms with Crippen molar-refractivity contribution in [3.8, 4) is 22.2 Å². The van der Waals surface area contributed by atoms with E-state index in [4.69, 9.17) is 8.94 Å². The highest BCUT2D eigenvalue weighted by Crippen LogP contribution is 2.31. The topological polar surface area (TPSA) is 81.2 Å². The van der Waals surface area contributed by atoms with Crippen molar-refractivity contribution < 1.29 is 13.7 Å². The predicted molar refractivity (Wildman–Crippen MR) is 110 cm³/mol. The van der Waals surface area contributed by atoms with Crippen LogP contribution in [0.2, 0.25) is 0 Å². The molecule has 7 heteroatoms. The summed E-state index contributed by atoms with van der Waals surface area (Å²) in [6.45, 7) is 0.460. The normalized spacial score (nSPS) is 11.0. The summed E-state index contributed by atoms with van der Waals surface area (Å²) in [5, 5.41) is 9.73. The highest BCUT2D eigenvalue weighted by molar-refractivity contribution is 7.13. The fourth-order valence-electron chi connectivity index (χ4n) is 3.04. The molecule has 0 aliphatic heterocycles. The number of amides is 1. The monoisotopic (exact) mass is 401 g/mol. The highest BCUT2D eigenvalue weighted by atomic mass is 32.1. The van der Waals surface area contributed by atoms with Gasteiger partial charge in [-0.15, -0.1) is 11.3 Å². The van der Waals surface area contributed by atoms with Crippen molar-refractivity contribution in [1.29, 1.82) is 0 Å². The van der Waals surface area contributed by atoms with Gasteiger partial charge in [0.05, 0.1) is 10.3 Å². The van der Waals surface area contributed by atoms with Gasteiger partial charge in [-0.25, -0.2) is 4.98 Å². The molecule has 0 fully saturated rings. The Hall–Kier alpha value is -3.71. The maximum absolute atomic E-state index is 12.6. The molecule has 3 aromatic heterocycles. The summed E-state index contributed by atoms with van der Waals surface area (Å²) < 4.78 is 11.0. The molecule has 2 aromatic carbocycles. The molecule has 0 saturated carbocycles. The molecule has 3 heterocycles. The predicted octanol–water partition coefficient (Wildman–Crippen LogP) is 5.14. The molecule has 5 rings (SSSR count). The van der Waals surface area contributed by atoms with Crippen LogP contribution in [0.3, 0.4) is 0 Å². The molecule has 0 radical (unpaired) electrons. The number of carbonyl (C=O) groups excluding carboxylic acids is 1. The van der Waals surface area contributed by atoms with E-state index in [9.17, 15) is 4.79 Å². The fourth-order valence-corrected chi connectivity index (χ4v) is 3.70. The van der Waals surface area contributed by atoms with Crippen LogP contribution in [0.4, 0.5) is 0 Å². The molecule has 142 valence electrons. The van der Waals surface area contributed by atoms with Gasteiger partial charge in [0.25, 0.3) is 5.91 Å². The lowest BCUT2D eigenvalue weighted by Crippen LogP contribution is -2.22. The maximum Gasteiger partial charge on any atom is 0.251 e. The van der Waals surface area contributed by atoms with E-state index in [0.29, 0.717) is 40.4 Å². The summed E-state index contributed by atoms with van der Waals surface area (Å²) in [6, 6.07) is 18.9. The zero-order valence-electron chi connectivity index (χ0n) is 15.2. The molecule has 0 aliphatic carbocycles. The molecule has 0 spiro atoms. The average molecular weight is 401 g/mol. The van der Waals surface area contributed by atoms with Crippen LogP contribution in [0.1, 0.15) is 15.9 Å². The number of aromatic nitrogens is 2. The molecule has 1 amide bonds. The second kappa shape index (κ2) is 7.37. The Bertz CT molecular complexity index is 1270. The number of fused-ring (bicyclic) bond motifs is 1. The number of hydrogen-bond donors (Lipinski definition) is 1. The fraction of sp³-hybridized carbons (Fsp3) is 0.0455. The average Bonchev–Trinajstić information content (AvgIpc) is 3.52. The van der Waals surface area contributed by atoms with Gasteiger partial charge < -0.3 is 14.3 Å². The van der Waals surface area contributed by atoms with Gasteiger partial charge in [-0.3, -0.25) is 4.79 Å². The molecule has 6 nitrogen and oxygen atoms in total. The second-order valence-corrected chi connectivity index (χ2v) is 7.37. The molecule has 0 atom stereocenters. The van der Waals surface area contributed by atoms with Crippen molar-refractivity contribution in [2.75, 3.05) is 0 Å².